The molecule has 0 unspecified atom stereocenters. The highest BCUT2D eigenvalue weighted by Gasteiger charge is 2.16. The Balaban J connectivity index is 1.67. The van der Waals surface area contributed by atoms with Gasteiger partial charge in [-0.3, -0.25) is 9.59 Å². The van der Waals surface area contributed by atoms with Crippen molar-refractivity contribution in [1.82, 2.24) is 9.47 Å². The molecule has 0 spiro atoms. The maximum absolute atomic E-state index is 12.7. The van der Waals surface area contributed by atoms with Crippen molar-refractivity contribution in [3.63, 3.8) is 0 Å². The Morgan fingerprint density at radius 3 is 2.14 bits per heavy atom. The number of nitrogens with one attached hydrogen (secondary N) is 1. The molecule has 29 heavy (non-hydrogen) atoms. The van der Waals surface area contributed by atoms with Gasteiger partial charge in [0, 0.05) is 35.4 Å². The fraction of sp³-hybridized carbons (Fsp3) is 0.250. The highest BCUT2D eigenvalue weighted by molar-refractivity contribution is 5.99. The van der Waals surface area contributed by atoms with Crippen molar-refractivity contribution in [1.29, 1.82) is 0 Å². The number of hydrogen-bond donors (Lipinski definition) is 1. The predicted octanol–water partition coefficient (Wildman–Crippen LogP) is 4.42. The van der Waals surface area contributed by atoms with Gasteiger partial charge in [0.05, 0.1) is 6.54 Å². The number of likely N-dealkylation sites (N-methyl/N-ethyl adjacent to an activating group) is 1. The van der Waals surface area contributed by atoms with E-state index < -0.39 is 0 Å². The molecule has 0 bridgehead atoms. The summed E-state index contributed by atoms with van der Waals surface area (Å²) in [4.78, 5) is 26.6. The molecule has 0 saturated heterocycles. The molecule has 0 fully saturated rings. The highest BCUT2D eigenvalue weighted by Crippen LogP contribution is 2.19. The van der Waals surface area contributed by atoms with Crippen LogP contribution in [0.15, 0.2) is 54.6 Å². The first-order valence-electron chi connectivity index (χ1n) is 9.65. The van der Waals surface area contributed by atoms with Gasteiger partial charge < -0.3 is 14.8 Å². The van der Waals surface area contributed by atoms with Crippen molar-refractivity contribution < 1.29 is 9.59 Å². The summed E-state index contributed by atoms with van der Waals surface area (Å²) in [5, 5.41) is 2.89. The van der Waals surface area contributed by atoms with Gasteiger partial charge >= 0.3 is 0 Å². The molecule has 5 heteroatoms. The van der Waals surface area contributed by atoms with Crippen LogP contribution in [0.2, 0.25) is 0 Å². The molecule has 2 amide bonds. The van der Waals surface area contributed by atoms with Crippen LogP contribution in [-0.2, 0) is 4.79 Å². The van der Waals surface area contributed by atoms with Crippen LogP contribution in [0.3, 0.4) is 0 Å². The van der Waals surface area contributed by atoms with E-state index in [1.807, 2.05) is 58.0 Å². The second-order valence-corrected chi connectivity index (χ2v) is 7.46. The molecule has 3 rings (SSSR count). The molecule has 1 N–H and O–H groups in total. The van der Waals surface area contributed by atoms with Crippen molar-refractivity contribution in [2.75, 3.05) is 18.9 Å². The Morgan fingerprint density at radius 1 is 0.897 bits per heavy atom. The summed E-state index contributed by atoms with van der Waals surface area (Å²) in [6.45, 7) is 8.06. The minimum atomic E-state index is -0.218. The summed E-state index contributed by atoms with van der Waals surface area (Å²) in [6.07, 6.45) is 0. The number of carbonyl (C=O) groups excluding carboxylic acids is 2. The van der Waals surface area contributed by atoms with Gasteiger partial charge in [0.1, 0.15) is 0 Å². The highest BCUT2D eigenvalue weighted by atomic mass is 16.2. The lowest BCUT2D eigenvalue weighted by molar-refractivity contribution is -0.116. The van der Waals surface area contributed by atoms with E-state index in [0.29, 0.717) is 5.56 Å². The first-order chi connectivity index (χ1) is 13.8. The van der Waals surface area contributed by atoms with Crippen molar-refractivity contribution in [2.45, 2.75) is 27.7 Å². The number of rotatable bonds is 5. The number of amides is 2. The van der Waals surface area contributed by atoms with Crippen LogP contribution >= 0.6 is 0 Å². The Bertz CT molecular complexity index is 1030. The van der Waals surface area contributed by atoms with Gasteiger partial charge in [-0.1, -0.05) is 12.1 Å². The van der Waals surface area contributed by atoms with Gasteiger partial charge in [0.25, 0.3) is 5.91 Å². The Hall–Kier alpha value is -3.34. The van der Waals surface area contributed by atoms with Crippen molar-refractivity contribution in [3.05, 3.63) is 82.7 Å². The second kappa shape index (κ2) is 8.35. The summed E-state index contributed by atoms with van der Waals surface area (Å²) in [7, 11) is 1.64. The number of carbonyl (C=O) groups is 2. The summed E-state index contributed by atoms with van der Waals surface area (Å²) < 4.78 is 2.13. The van der Waals surface area contributed by atoms with Gasteiger partial charge in [-0.25, -0.2) is 0 Å². The van der Waals surface area contributed by atoms with Gasteiger partial charge in [-0.05, 0) is 81.3 Å². The molecular formula is C24H27N3O2. The Kier molecular flexibility index (Phi) is 5.87. The molecule has 1 heterocycles. The number of hydrogen-bond acceptors (Lipinski definition) is 2. The van der Waals surface area contributed by atoms with Crippen molar-refractivity contribution in [3.8, 4) is 5.69 Å². The zero-order valence-electron chi connectivity index (χ0n) is 17.6. The topological polar surface area (TPSA) is 54.3 Å². The smallest absolute Gasteiger partial charge is 0.254 e. The molecule has 0 aliphatic carbocycles. The monoisotopic (exact) mass is 389 g/mol. The van der Waals surface area contributed by atoms with Gasteiger partial charge in [-0.2, -0.15) is 0 Å². The lowest BCUT2D eigenvalue weighted by Crippen LogP contribution is -2.35. The van der Waals surface area contributed by atoms with E-state index in [1.165, 1.54) is 4.90 Å². The average molecular weight is 389 g/mol. The Labute approximate surface area is 172 Å². The van der Waals surface area contributed by atoms with Crippen LogP contribution in [0.4, 0.5) is 5.69 Å². The van der Waals surface area contributed by atoms with Crippen LogP contribution in [0.25, 0.3) is 5.69 Å². The number of nitrogens with zero attached hydrogens (tertiary/aromatic N) is 2. The molecule has 1 aromatic heterocycles. The molecule has 0 aliphatic heterocycles. The quantitative estimate of drug-likeness (QED) is 0.702. The molecule has 150 valence electrons. The average Bonchev–Trinajstić information content (AvgIpc) is 3.03. The van der Waals surface area contributed by atoms with Gasteiger partial charge in [-0.15, -0.1) is 0 Å². The van der Waals surface area contributed by atoms with Crippen LogP contribution in [0.5, 0.6) is 0 Å². The normalized spacial score (nSPS) is 10.7. The van der Waals surface area contributed by atoms with Crippen LogP contribution in [-0.4, -0.2) is 34.9 Å². The zero-order valence-corrected chi connectivity index (χ0v) is 17.6. The largest absolute Gasteiger partial charge is 0.332 e. The summed E-state index contributed by atoms with van der Waals surface area (Å²) >= 11 is 0. The standard InChI is InChI=1S/C24H27N3O2/c1-16-7-6-8-22(19(16)4)25-23(28)15-26(5)24(29)20-11-13-21(14-12-20)27-17(2)9-10-18(27)3/h6-14H,15H2,1-5H3,(H,25,28). The van der Waals surface area contributed by atoms with E-state index in [-0.39, 0.29) is 18.4 Å². The third-order valence-corrected chi connectivity index (χ3v) is 5.25. The SMILES string of the molecule is Cc1cccc(NC(=O)CN(C)C(=O)c2ccc(-n3c(C)ccc3C)cc2)c1C. The molecule has 3 aromatic rings. The molecule has 0 aliphatic rings. The molecular weight excluding hydrogens is 362 g/mol. The molecule has 2 aromatic carbocycles. The summed E-state index contributed by atoms with van der Waals surface area (Å²) in [6, 6.07) is 17.4. The lowest BCUT2D eigenvalue weighted by atomic mass is 10.1. The molecule has 0 saturated carbocycles. The molecule has 0 atom stereocenters. The van der Waals surface area contributed by atoms with E-state index in [9.17, 15) is 9.59 Å². The van der Waals surface area contributed by atoms with Crippen molar-refractivity contribution >= 4 is 17.5 Å². The van der Waals surface area contributed by atoms with Crippen LogP contribution in [0, 0.1) is 27.7 Å². The maximum Gasteiger partial charge on any atom is 0.254 e. The number of aromatic nitrogens is 1. The zero-order chi connectivity index (χ0) is 21.1. The van der Waals surface area contributed by atoms with E-state index in [0.717, 1.165) is 33.9 Å². The van der Waals surface area contributed by atoms with Crippen LogP contribution in [0.1, 0.15) is 32.9 Å². The maximum atomic E-state index is 12.7. The molecule has 5 nitrogen and oxygen atoms in total. The van der Waals surface area contributed by atoms with E-state index >= 15 is 0 Å². The lowest BCUT2D eigenvalue weighted by Gasteiger charge is -2.18. The van der Waals surface area contributed by atoms with Crippen molar-refractivity contribution in [2.24, 2.45) is 0 Å². The van der Waals surface area contributed by atoms with E-state index in [4.69, 9.17) is 0 Å². The third kappa shape index (κ3) is 4.40. The Morgan fingerprint density at radius 2 is 1.52 bits per heavy atom. The minimum Gasteiger partial charge on any atom is -0.332 e. The summed E-state index contributed by atoms with van der Waals surface area (Å²) in [5.74, 6) is -0.404. The first kappa shape index (κ1) is 20.4. The fourth-order valence-electron chi connectivity index (χ4n) is 3.41. The van der Waals surface area contributed by atoms with Crippen LogP contribution < -0.4 is 5.32 Å². The third-order valence-electron chi connectivity index (χ3n) is 5.25. The number of anilines is 1. The number of aryl methyl sites for hydroxylation is 3. The summed E-state index contributed by atoms with van der Waals surface area (Å²) in [5.41, 5.74) is 6.76. The van der Waals surface area contributed by atoms with Gasteiger partial charge in [0.2, 0.25) is 5.91 Å². The predicted molar refractivity (Wildman–Crippen MR) is 117 cm³/mol. The first-order valence-corrected chi connectivity index (χ1v) is 9.65. The van der Waals surface area contributed by atoms with E-state index in [1.54, 1.807) is 19.2 Å². The second-order valence-electron chi connectivity index (χ2n) is 7.46. The minimum absolute atomic E-state index is 0.0101. The van der Waals surface area contributed by atoms with E-state index in [2.05, 4.69) is 22.0 Å². The van der Waals surface area contributed by atoms with Gasteiger partial charge in [0.15, 0.2) is 0 Å². The fourth-order valence-corrected chi connectivity index (χ4v) is 3.41. The number of benzene rings is 2. The molecule has 0 radical (unpaired) electrons.